The van der Waals surface area contributed by atoms with Gasteiger partial charge in [0.1, 0.15) is 5.75 Å². The van der Waals surface area contributed by atoms with Crippen molar-refractivity contribution in [1.82, 2.24) is 0 Å². The molecule has 0 saturated heterocycles. The Morgan fingerprint density at radius 2 is 2.21 bits per heavy atom. The first-order valence-corrected chi connectivity index (χ1v) is 6.35. The van der Waals surface area contributed by atoms with Gasteiger partial charge in [0.2, 0.25) is 5.91 Å². The van der Waals surface area contributed by atoms with E-state index < -0.39 is 6.04 Å². The lowest BCUT2D eigenvalue weighted by Gasteiger charge is -2.13. The summed E-state index contributed by atoms with van der Waals surface area (Å²) in [6.07, 6.45) is 1.29. The Morgan fingerprint density at radius 1 is 1.47 bits per heavy atom. The number of hydrogen-bond acceptors (Lipinski definition) is 4. The van der Waals surface area contributed by atoms with Gasteiger partial charge in [-0.3, -0.25) is 4.79 Å². The molecule has 1 rings (SSSR count). The molecule has 0 spiro atoms. The van der Waals surface area contributed by atoms with Crippen LogP contribution in [0, 0.1) is 0 Å². The van der Waals surface area contributed by atoms with Gasteiger partial charge in [0, 0.05) is 19.8 Å². The zero-order valence-electron chi connectivity index (χ0n) is 11.1. The van der Waals surface area contributed by atoms with Crippen LogP contribution < -0.4 is 15.8 Å². The van der Waals surface area contributed by atoms with Crippen LogP contribution >= 0.6 is 11.6 Å². The monoisotopic (exact) mass is 286 g/mol. The number of nitrogens with one attached hydrogen (secondary N) is 1. The Bertz CT molecular complexity index is 426. The molecule has 0 aliphatic heterocycles. The summed E-state index contributed by atoms with van der Waals surface area (Å²) in [5.74, 6) is 0.346. The first-order chi connectivity index (χ1) is 9.08. The van der Waals surface area contributed by atoms with Gasteiger partial charge in [0.25, 0.3) is 0 Å². The summed E-state index contributed by atoms with van der Waals surface area (Å²) in [6, 6.07) is 4.45. The number of benzene rings is 1. The third kappa shape index (κ3) is 5.06. The number of ether oxygens (including phenoxy) is 2. The first-order valence-electron chi connectivity index (χ1n) is 5.97. The molecule has 1 unspecified atom stereocenters. The van der Waals surface area contributed by atoms with Gasteiger partial charge in [-0.1, -0.05) is 11.6 Å². The average molecular weight is 287 g/mol. The van der Waals surface area contributed by atoms with Gasteiger partial charge in [-0.15, -0.1) is 0 Å². The van der Waals surface area contributed by atoms with Crippen LogP contribution in [0.25, 0.3) is 0 Å². The number of hydrogen-bond donors (Lipinski definition) is 2. The van der Waals surface area contributed by atoms with Crippen LogP contribution in [0.1, 0.15) is 12.8 Å². The molecule has 1 atom stereocenters. The third-order valence-electron chi connectivity index (χ3n) is 2.63. The minimum atomic E-state index is -0.586. The summed E-state index contributed by atoms with van der Waals surface area (Å²) in [6.45, 7) is 0.584. The summed E-state index contributed by atoms with van der Waals surface area (Å²) in [5, 5.41) is 3.14. The number of methoxy groups -OCH3 is 2. The lowest BCUT2D eigenvalue weighted by atomic mass is 10.1. The van der Waals surface area contributed by atoms with Gasteiger partial charge in [-0.25, -0.2) is 0 Å². The first kappa shape index (κ1) is 15.8. The number of rotatable bonds is 7. The molecule has 0 fully saturated rings. The Kier molecular flexibility index (Phi) is 6.62. The Labute approximate surface area is 118 Å². The number of carbonyl (C=O) groups excluding carboxylic acids is 1. The zero-order chi connectivity index (χ0) is 14.3. The van der Waals surface area contributed by atoms with Crippen molar-refractivity contribution in [2.75, 3.05) is 26.1 Å². The number of carbonyl (C=O) groups is 1. The smallest absolute Gasteiger partial charge is 0.241 e. The molecule has 0 aliphatic carbocycles. The minimum absolute atomic E-state index is 0.272. The van der Waals surface area contributed by atoms with Crippen molar-refractivity contribution in [3.8, 4) is 5.75 Å². The van der Waals surface area contributed by atoms with Crippen molar-refractivity contribution < 1.29 is 14.3 Å². The van der Waals surface area contributed by atoms with Crippen molar-refractivity contribution in [2.45, 2.75) is 18.9 Å². The average Bonchev–Trinajstić information content (AvgIpc) is 2.41. The van der Waals surface area contributed by atoms with E-state index in [1.165, 1.54) is 0 Å². The normalized spacial score (nSPS) is 12.0. The molecule has 0 aromatic heterocycles. The van der Waals surface area contributed by atoms with E-state index in [-0.39, 0.29) is 5.91 Å². The van der Waals surface area contributed by atoms with E-state index >= 15 is 0 Å². The molecular formula is C13H19ClN2O3. The Morgan fingerprint density at radius 3 is 2.84 bits per heavy atom. The summed E-state index contributed by atoms with van der Waals surface area (Å²) >= 11 is 6.00. The summed E-state index contributed by atoms with van der Waals surface area (Å²) in [5.41, 5.74) is 6.28. The fourth-order valence-corrected chi connectivity index (χ4v) is 1.70. The van der Waals surface area contributed by atoms with Crippen LogP contribution in [0.3, 0.4) is 0 Å². The standard InChI is InChI=1S/C13H19ClN2O3/c1-18-7-3-4-11(15)13(17)16-12-8-9(19-2)5-6-10(12)14/h5-6,8,11H,3-4,7,15H2,1-2H3,(H,16,17). The van der Waals surface area contributed by atoms with E-state index in [1.54, 1.807) is 32.4 Å². The van der Waals surface area contributed by atoms with Crippen LogP contribution in [0.4, 0.5) is 5.69 Å². The quantitative estimate of drug-likeness (QED) is 0.752. The van der Waals surface area contributed by atoms with Gasteiger partial charge >= 0.3 is 0 Å². The fraction of sp³-hybridized carbons (Fsp3) is 0.462. The van der Waals surface area contributed by atoms with Crippen LogP contribution in [0.2, 0.25) is 5.02 Å². The second-order valence-corrected chi connectivity index (χ2v) is 4.48. The van der Waals surface area contributed by atoms with Crippen molar-refractivity contribution in [3.05, 3.63) is 23.2 Å². The second kappa shape index (κ2) is 7.99. The molecule has 0 heterocycles. The van der Waals surface area contributed by atoms with Gasteiger partial charge in [-0.2, -0.15) is 0 Å². The van der Waals surface area contributed by atoms with Crippen LogP contribution in [-0.2, 0) is 9.53 Å². The molecule has 6 heteroatoms. The van der Waals surface area contributed by atoms with Gasteiger partial charge < -0.3 is 20.5 Å². The number of halogens is 1. The van der Waals surface area contributed by atoms with E-state index in [0.29, 0.717) is 29.5 Å². The highest BCUT2D eigenvalue weighted by Crippen LogP contribution is 2.26. The molecule has 19 heavy (non-hydrogen) atoms. The summed E-state index contributed by atoms with van der Waals surface area (Å²) in [4.78, 5) is 11.9. The molecular weight excluding hydrogens is 268 g/mol. The van der Waals surface area contributed by atoms with Crippen LogP contribution in [-0.4, -0.2) is 32.8 Å². The highest BCUT2D eigenvalue weighted by Gasteiger charge is 2.14. The van der Waals surface area contributed by atoms with E-state index in [0.717, 1.165) is 6.42 Å². The molecule has 1 aromatic rings. The van der Waals surface area contributed by atoms with Crippen LogP contribution in [0.15, 0.2) is 18.2 Å². The number of nitrogens with two attached hydrogens (primary N) is 1. The molecule has 0 radical (unpaired) electrons. The maximum atomic E-state index is 11.9. The number of anilines is 1. The van der Waals surface area contributed by atoms with Gasteiger partial charge in [0.15, 0.2) is 0 Å². The Hall–Kier alpha value is -1.30. The fourth-order valence-electron chi connectivity index (χ4n) is 1.53. The van der Waals surface area contributed by atoms with Gasteiger partial charge in [0.05, 0.1) is 23.9 Å². The second-order valence-electron chi connectivity index (χ2n) is 4.08. The van der Waals surface area contributed by atoms with E-state index in [2.05, 4.69) is 5.32 Å². The minimum Gasteiger partial charge on any atom is -0.497 e. The summed E-state index contributed by atoms with van der Waals surface area (Å²) in [7, 11) is 3.16. The zero-order valence-corrected chi connectivity index (χ0v) is 11.9. The van der Waals surface area contributed by atoms with Crippen molar-refractivity contribution >= 4 is 23.2 Å². The van der Waals surface area contributed by atoms with E-state index in [1.807, 2.05) is 0 Å². The van der Waals surface area contributed by atoms with E-state index in [4.69, 9.17) is 26.8 Å². The largest absolute Gasteiger partial charge is 0.497 e. The molecule has 5 nitrogen and oxygen atoms in total. The SMILES string of the molecule is COCCCC(N)C(=O)Nc1cc(OC)ccc1Cl. The molecule has 106 valence electrons. The molecule has 0 aliphatic rings. The predicted octanol–water partition coefficient (Wildman–Crippen LogP) is 2.04. The maximum absolute atomic E-state index is 11.9. The highest BCUT2D eigenvalue weighted by molar-refractivity contribution is 6.33. The lowest BCUT2D eigenvalue weighted by Crippen LogP contribution is -2.35. The molecule has 1 amide bonds. The van der Waals surface area contributed by atoms with Crippen molar-refractivity contribution in [3.63, 3.8) is 0 Å². The number of amides is 1. The van der Waals surface area contributed by atoms with Crippen molar-refractivity contribution in [1.29, 1.82) is 0 Å². The third-order valence-corrected chi connectivity index (χ3v) is 2.96. The Balaban J connectivity index is 2.60. The van der Waals surface area contributed by atoms with Crippen LogP contribution in [0.5, 0.6) is 5.75 Å². The molecule has 0 bridgehead atoms. The molecule has 3 N–H and O–H groups in total. The molecule has 0 saturated carbocycles. The summed E-state index contributed by atoms with van der Waals surface area (Å²) < 4.78 is 9.99. The highest BCUT2D eigenvalue weighted by atomic mass is 35.5. The molecule has 1 aromatic carbocycles. The topological polar surface area (TPSA) is 73.6 Å². The van der Waals surface area contributed by atoms with Crippen molar-refractivity contribution in [2.24, 2.45) is 5.73 Å². The van der Waals surface area contributed by atoms with Gasteiger partial charge in [-0.05, 0) is 25.0 Å². The maximum Gasteiger partial charge on any atom is 0.241 e. The lowest BCUT2D eigenvalue weighted by molar-refractivity contribution is -0.117. The van der Waals surface area contributed by atoms with E-state index in [9.17, 15) is 4.79 Å². The predicted molar refractivity (Wildman–Crippen MR) is 75.7 cm³/mol.